The number of aromatic nitrogens is 2. The Bertz CT molecular complexity index is 436. The molecule has 2 N–H and O–H groups in total. The van der Waals surface area contributed by atoms with Gasteiger partial charge in [-0.1, -0.05) is 17.7 Å². The fraction of sp³-hybridized carbons (Fsp3) is 0.615. The molecule has 1 aromatic rings. The number of allylic oxidation sites excluding steroid dienone is 1. The topological polar surface area (TPSA) is 47.1 Å². The molecule has 0 aromatic carbocycles. The van der Waals surface area contributed by atoms with E-state index in [1.165, 1.54) is 5.57 Å². The molecule has 0 fully saturated rings. The molecule has 0 radical (unpaired) electrons. The Labute approximate surface area is 113 Å². The fourth-order valence-electron chi connectivity index (χ4n) is 2.30. The van der Waals surface area contributed by atoms with E-state index >= 15 is 0 Å². The van der Waals surface area contributed by atoms with E-state index in [1.54, 1.807) is 6.20 Å². The second-order valence-electron chi connectivity index (χ2n) is 5.12. The third-order valence-electron chi connectivity index (χ3n) is 3.26. The van der Waals surface area contributed by atoms with Gasteiger partial charge in [-0.2, -0.15) is 5.10 Å². The highest BCUT2D eigenvalue weighted by atomic mass is 35.5. The van der Waals surface area contributed by atoms with Crippen molar-refractivity contribution in [2.45, 2.75) is 31.8 Å². The van der Waals surface area contributed by atoms with Gasteiger partial charge in [0.1, 0.15) is 0 Å². The van der Waals surface area contributed by atoms with Gasteiger partial charge < -0.3 is 10.6 Å². The summed E-state index contributed by atoms with van der Waals surface area (Å²) in [7, 11) is 4.11. The smallest absolute Gasteiger partial charge is 0.0862 e. The minimum Gasteiger partial charge on any atom is -0.324 e. The van der Waals surface area contributed by atoms with Gasteiger partial charge >= 0.3 is 0 Å². The molecule has 0 saturated heterocycles. The molecule has 18 heavy (non-hydrogen) atoms. The van der Waals surface area contributed by atoms with Crippen LogP contribution in [-0.4, -0.2) is 41.4 Å². The summed E-state index contributed by atoms with van der Waals surface area (Å²) in [4.78, 5) is 2.14. The summed E-state index contributed by atoms with van der Waals surface area (Å²) in [6.07, 6.45) is 7.10. The van der Waals surface area contributed by atoms with Gasteiger partial charge in [-0.3, -0.25) is 4.68 Å². The molecule has 0 saturated carbocycles. The average Bonchev–Trinajstić information content (AvgIpc) is 2.68. The molecule has 2 rings (SSSR count). The van der Waals surface area contributed by atoms with Gasteiger partial charge in [0.15, 0.2) is 0 Å². The molecule has 100 valence electrons. The van der Waals surface area contributed by atoms with Crippen molar-refractivity contribution in [3.63, 3.8) is 0 Å². The Kier molecular flexibility index (Phi) is 4.43. The maximum Gasteiger partial charge on any atom is 0.0862 e. The SMILES string of the molecule is CN(C)CCn1ncc(Cl)c1C1=CC(N)CCC1. The average molecular weight is 269 g/mol. The molecule has 1 aromatic heterocycles. The number of nitrogens with two attached hydrogens (primary N) is 1. The molecule has 1 heterocycles. The highest BCUT2D eigenvalue weighted by Crippen LogP contribution is 2.31. The zero-order valence-electron chi connectivity index (χ0n) is 11.1. The van der Waals surface area contributed by atoms with E-state index in [0.717, 1.165) is 43.1 Å². The molecule has 0 bridgehead atoms. The van der Waals surface area contributed by atoms with Crippen LogP contribution >= 0.6 is 11.6 Å². The number of hydrogen-bond donors (Lipinski definition) is 1. The molecule has 1 aliphatic carbocycles. The third kappa shape index (κ3) is 3.13. The summed E-state index contributed by atoms with van der Waals surface area (Å²) in [6.45, 7) is 1.80. The van der Waals surface area contributed by atoms with Gasteiger partial charge in [0.05, 0.1) is 23.5 Å². The molecule has 5 heteroatoms. The maximum atomic E-state index is 6.26. The van der Waals surface area contributed by atoms with Crippen LogP contribution in [0.3, 0.4) is 0 Å². The standard InChI is InChI=1S/C13H21ClN4/c1-17(2)6-7-18-13(12(14)9-16-18)10-4-3-5-11(15)8-10/h8-9,11H,3-7,15H2,1-2H3. The fourth-order valence-corrected chi connectivity index (χ4v) is 2.56. The predicted molar refractivity (Wildman–Crippen MR) is 75.6 cm³/mol. The normalized spacial score (nSPS) is 20.3. The Morgan fingerprint density at radius 3 is 3.00 bits per heavy atom. The Balaban J connectivity index is 2.23. The van der Waals surface area contributed by atoms with Crippen LogP contribution in [0.1, 0.15) is 25.0 Å². The highest BCUT2D eigenvalue weighted by Gasteiger charge is 2.18. The van der Waals surface area contributed by atoms with Gasteiger partial charge in [-0.25, -0.2) is 0 Å². The van der Waals surface area contributed by atoms with Crippen molar-refractivity contribution in [2.75, 3.05) is 20.6 Å². The summed E-state index contributed by atoms with van der Waals surface area (Å²) < 4.78 is 1.99. The zero-order valence-corrected chi connectivity index (χ0v) is 11.8. The van der Waals surface area contributed by atoms with Gasteiger partial charge in [0, 0.05) is 12.6 Å². The Morgan fingerprint density at radius 2 is 2.33 bits per heavy atom. The highest BCUT2D eigenvalue weighted by molar-refractivity contribution is 6.32. The van der Waals surface area contributed by atoms with Crippen molar-refractivity contribution in [3.05, 3.63) is 23.0 Å². The molecule has 0 amide bonds. The van der Waals surface area contributed by atoms with E-state index in [2.05, 4.69) is 30.2 Å². The Morgan fingerprint density at radius 1 is 1.56 bits per heavy atom. The van der Waals surface area contributed by atoms with Crippen LogP contribution in [0.5, 0.6) is 0 Å². The molecular formula is C13H21ClN4. The second kappa shape index (κ2) is 5.87. The maximum absolute atomic E-state index is 6.26. The quantitative estimate of drug-likeness (QED) is 0.909. The van der Waals surface area contributed by atoms with Gasteiger partial charge in [-0.05, 0) is 38.9 Å². The van der Waals surface area contributed by atoms with Crippen molar-refractivity contribution >= 4 is 17.2 Å². The van der Waals surface area contributed by atoms with Crippen LogP contribution in [0, 0.1) is 0 Å². The summed E-state index contributed by atoms with van der Waals surface area (Å²) in [6, 6.07) is 0.155. The lowest BCUT2D eigenvalue weighted by Crippen LogP contribution is -2.22. The van der Waals surface area contributed by atoms with Crippen LogP contribution < -0.4 is 5.73 Å². The van der Waals surface area contributed by atoms with E-state index in [4.69, 9.17) is 17.3 Å². The molecule has 1 aliphatic rings. The van der Waals surface area contributed by atoms with Crippen molar-refractivity contribution in [1.29, 1.82) is 0 Å². The van der Waals surface area contributed by atoms with Crippen LogP contribution in [0.15, 0.2) is 12.3 Å². The van der Waals surface area contributed by atoms with Gasteiger partial charge in [-0.15, -0.1) is 0 Å². The first kappa shape index (κ1) is 13.6. The van der Waals surface area contributed by atoms with Gasteiger partial charge in [0.2, 0.25) is 0 Å². The second-order valence-corrected chi connectivity index (χ2v) is 5.52. The predicted octanol–water partition coefficient (Wildman–Crippen LogP) is 1.99. The van der Waals surface area contributed by atoms with E-state index in [9.17, 15) is 0 Å². The van der Waals surface area contributed by atoms with Crippen LogP contribution in [0.2, 0.25) is 5.02 Å². The summed E-state index contributed by atoms with van der Waals surface area (Å²) in [5.41, 5.74) is 8.29. The number of halogens is 1. The minimum atomic E-state index is 0.155. The van der Waals surface area contributed by atoms with Crippen LogP contribution in [0.4, 0.5) is 0 Å². The summed E-state index contributed by atoms with van der Waals surface area (Å²) in [5, 5.41) is 5.09. The van der Waals surface area contributed by atoms with Crippen LogP contribution in [0.25, 0.3) is 5.57 Å². The zero-order chi connectivity index (χ0) is 13.1. The first-order valence-corrected chi connectivity index (χ1v) is 6.78. The summed E-state index contributed by atoms with van der Waals surface area (Å²) in [5.74, 6) is 0. The van der Waals surface area contributed by atoms with Crippen molar-refractivity contribution in [3.8, 4) is 0 Å². The lowest BCUT2D eigenvalue weighted by Gasteiger charge is -2.19. The summed E-state index contributed by atoms with van der Waals surface area (Å²) >= 11 is 6.26. The van der Waals surface area contributed by atoms with E-state index in [-0.39, 0.29) is 6.04 Å². The van der Waals surface area contributed by atoms with Crippen molar-refractivity contribution in [2.24, 2.45) is 5.73 Å². The molecule has 4 nitrogen and oxygen atoms in total. The lowest BCUT2D eigenvalue weighted by molar-refractivity contribution is 0.372. The third-order valence-corrected chi connectivity index (χ3v) is 3.53. The molecular weight excluding hydrogens is 248 g/mol. The number of likely N-dealkylation sites (N-methyl/N-ethyl adjacent to an activating group) is 1. The van der Waals surface area contributed by atoms with Crippen molar-refractivity contribution < 1.29 is 0 Å². The lowest BCUT2D eigenvalue weighted by atomic mass is 9.94. The minimum absolute atomic E-state index is 0.155. The largest absolute Gasteiger partial charge is 0.324 e. The Hall–Kier alpha value is -0.840. The number of hydrogen-bond acceptors (Lipinski definition) is 3. The van der Waals surface area contributed by atoms with Gasteiger partial charge in [0.25, 0.3) is 0 Å². The van der Waals surface area contributed by atoms with E-state index in [1.807, 2.05) is 4.68 Å². The van der Waals surface area contributed by atoms with Crippen LogP contribution in [-0.2, 0) is 6.54 Å². The molecule has 1 atom stereocenters. The number of rotatable bonds is 4. The molecule has 1 unspecified atom stereocenters. The van der Waals surface area contributed by atoms with E-state index in [0.29, 0.717) is 0 Å². The molecule has 0 spiro atoms. The monoisotopic (exact) mass is 268 g/mol. The first-order chi connectivity index (χ1) is 8.58. The number of nitrogens with zero attached hydrogens (tertiary/aromatic N) is 3. The van der Waals surface area contributed by atoms with Crippen molar-refractivity contribution in [1.82, 2.24) is 14.7 Å². The van der Waals surface area contributed by atoms with E-state index < -0.39 is 0 Å². The first-order valence-electron chi connectivity index (χ1n) is 6.40. The molecule has 0 aliphatic heterocycles.